The van der Waals surface area contributed by atoms with Gasteiger partial charge >= 0.3 is 6.03 Å². The Balaban J connectivity index is 1.86. The van der Waals surface area contributed by atoms with Gasteiger partial charge in [-0.2, -0.15) is 0 Å². The Morgan fingerprint density at radius 2 is 2.21 bits per heavy atom. The topological polar surface area (TPSA) is 81.3 Å². The van der Waals surface area contributed by atoms with Crippen LogP contribution in [0, 0.1) is 0 Å². The predicted molar refractivity (Wildman–Crippen MR) is 73.7 cm³/mol. The molecule has 0 unspecified atom stereocenters. The molecule has 19 heavy (non-hydrogen) atoms. The fourth-order valence-electron chi connectivity index (χ4n) is 1.95. The zero-order valence-corrected chi connectivity index (χ0v) is 11.2. The van der Waals surface area contributed by atoms with Crippen LogP contribution in [0.4, 0.5) is 10.6 Å². The van der Waals surface area contributed by atoms with Gasteiger partial charge in [-0.1, -0.05) is 6.07 Å². The molecule has 0 saturated carbocycles. The van der Waals surface area contributed by atoms with Crippen LogP contribution in [0.3, 0.4) is 0 Å². The van der Waals surface area contributed by atoms with Crippen LogP contribution in [0.1, 0.15) is 5.56 Å². The molecule has 1 aromatic rings. The van der Waals surface area contributed by atoms with Crippen molar-refractivity contribution >= 4 is 11.8 Å². The van der Waals surface area contributed by atoms with Crippen molar-refractivity contribution in [1.29, 1.82) is 0 Å². The molecule has 0 atom stereocenters. The van der Waals surface area contributed by atoms with Crippen LogP contribution in [0.5, 0.6) is 0 Å². The molecule has 0 spiro atoms. The van der Waals surface area contributed by atoms with Crippen molar-refractivity contribution in [3.63, 3.8) is 0 Å². The summed E-state index contributed by atoms with van der Waals surface area (Å²) < 4.78 is 0. The third-order valence-electron chi connectivity index (χ3n) is 2.89. The number of carbonyl (C=O) groups excluding carboxylic acids is 1. The first-order chi connectivity index (χ1) is 9.16. The number of rotatable bonds is 4. The number of hydrogen-bond donors (Lipinski definition) is 4. The van der Waals surface area contributed by atoms with E-state index in [1.165, 1.54) is 0 Å². The van der Waals surface area contributed by atoms with Crippen molar-refractivity contribution in [2.24, 2.45) is 0 Å². The summed E-state index contributed by atoms with van der Waals surface area (Å²) in [6.45, 7) is 1.94. The Morgan fingerprint density at radius 1 is 1.47 bits per heavy atom. The Bertz CT molecular complexity index is 430. The highest BCUT2D eigenvalue weighted by molar-refractivity contribution is 5.74. The minimum absolute atomic E-state index is 0.127. The molecular formula is C12H20N6O. The molecule has 7 heteroatoms. The summed E-state index contributed by atoms with van der Waals surface area (Å²) in [4.78, 5) is 18.0. The first-order valence-electron chi connectivity index (χ1n) is 6.28. The minimum atomic E-state index is -0.163. The van der Waals surface area contributed by atoms with Gasteiger partial charge in [0.05, 0.1) is 6.04 Å². The summed E-state index contributed by atoms with van der Waals surface area (Å²) in [5.41, 5.74) is 6.92. The highest BCUT2D eigenvalue weighted by Gasteiger charge is 2.16. The normalized spacial score (nSPS) is 15.3. The summed E-state index contributed by atoms with van der Waals surface area (Å²) >= 11 is 0. The van der Waals surface area contributed by atoms with Crippen LogP contribution in [0.25, 0.3) is 0 Å². The first-order valence-corrected chi connectivity index (χ1v) is 6.28. The maximum Gasteiger partial charge on any atom is 0.315 e. The fourth-order valence-corrected chi connectivity index (χ4v) is 1.95. The van der Waals surface area contributed by atoms with Gasteiger partial charge in [0.25, 0.3) is 0 Å². The van der Waals surface area contributed by atoms with Crippen molar-refractivity contribution in [3.05, 3.63) is 23.9 Å². The van der Waals surface area contributed by atoms with Gasteiger partial charge in [0.1, 0.15) is 5.82 Å². The quantitative estimate of drug-likeness (QED) is 0.585. The van der Waals surface area contributed by atoms with E-state index in [4.69, 9.17) is 0 Å². The number of amides is 2. The van der Waals surface area contributed by atoms with Crippen molar-refractivity contribution in [3.8, 4) is 0 Å². The van der Waals surface area contributed by atoms with Crippen LogP contribution in [-0.4, -0.2) is 44.2 Å². The number of carbonyl (C=O) groups is 1. The number of nitrogens with zero attached hydrogens (tertiary/aromatic N) is 2. The van der Waals surface area contributed by atoms with Crippen molar-refractivity contribution < 1.29 is 4.79 Å². The predicted octanol–water partition coefficient (Wildman–Crippen LogP) is -0.577. The second-order valence-corrected chi connectivity index (χ2v) is 4.67. The van der Waals surface area contributed by atoms with Crippen LogP contribution in [0.2, 0.25) is 0 Å². The Hall–Kier alpha value is -1.86. The van der Waals surface area contributed by atoms with Crippen molar-refractivity contribution in [2.45, 2.75) is 12.6 Å². The molecule has 1 aliphatic heterocycles. The second-order valence-electron chi connectivity index (χ2n) is 4.67. The molecule has 0 aromatic carbocycles. The molecule has 7 nitrogen and oxygen atoms in total. The summed E-state index contributed by atoms with van der Waals surface area (Å²) in [6.07, 6.45) is 1.74. The van der Waals surface area contributed by atoms with Gasteiger partial charge in [-0.15, -0.1) is 0 Å². The summed E-state index contributed by atoms with van der Waals surface area (Å²) in [5, 5.41) is 5.74. The lowest BCUT2D eigenvalue weighted by atomic mass is 10.2. The van der Waals surface area contributed by atoms with Gasteiger partial charge < -0.3 is 15.5 Å². The van der Waals surface area contributed by atoms with E-state index in [1.54, 1.807) is 6.20 Å². The van der Waals surface area contributed by atoms with E-state index in [9.17, 15) is 4.79 Å². The van der Waals surface area contributed by atoms with E-state index in [0.29, 0.717) is 6.54 Å². The zero-order chi connectivity index (χ0) is 13.7. The molecule has 0 aliphatic carbocycles. The lowest BCUT2D eigenvalue weighted by molar-refractivity contribution is 0.238. The number of urea groups is 1. The molecule has 1 aromatic heterocycles. The molecule has 1 saturated heterocycles. The maximum atomic E-state index is 11.7. The summed E-state index contributed by atoms with van der Waals surface area (Å²) in [5.74, 6) is 0.868. The zero-order valence-electron chi connectivity index (χ0n) is 11.2. The largest absolute Gasteiger partial charge is 0.362 e. The van der Waals surface area contributed by atoms with Gasteiger partial charge in [-0.05, 0) is 6.07 Å². The smallest absolute Gasteiger partial charge is 0.315 e. The van der Waals surface area contributed by atoms with E-state index in [-0.39, 0.29) is 12.1 Å². The van der Waals surface area contributed by atoms with E-state index in [0.717, 1.165) is 24.5 Å². The van der Waals surface area contributed by atoms with E-state index >= 15 is 0 Å². The van der Waals surface area contributed by atoms with Crippen LogP contribution >= 0.6 is 0 Å². The molecule has 2 amide bonds. The number of anilines is 1. The second kappa shape index (κ2) is 6.35. The Kier molecular flexibility index (Phi) is 4.53. The third kappa shape index (κ3) is 3.80. The van der Waals surface area contributed by atoms with Gasteiger partial charge in [0.15, 0.2) is 0 Å². The van der Waals surface area contributed by atoms with Crippen LogP contribution in [-0.2, 0) is 6.54 Å². The summed E-state index contributed by atoms with van der Waals surface area (Å²) in [7, 11) is 3.86. The minimum Gasteiger partial charge on any atom is -0.362 e. The van der Waals surface area contributed by atoms with Gasteiger partial charge in [0, 0.05) is 45.5 Å². The molecule has 4 N–H and O–H groups in total. The van der Waals surface area contributed by atoms with Crippen molar-refractivity contribution in [2.75, 3.05) is 32.1 Å². The molecule has 104 valence electrons. The van der Waals surface area contributed by atoms with Gasteiger partial charge in [-0.25, -0.2) is 9.78 Å². The van der Waals surface area contributed by atoms with Crippen LogP contribution in [0.15, 0.2) is 18.3 Å². The molecule has 0 radical (unpaired) electrons. The molecule has 2 heterocycles. The third-order valence-corrected chi connectivity index (χ3v) is 2.89. The van der Waals surface area contributed by atoms with E-state index < -0.39 is 0 Å². The highest BCUT2D eigenvalue weighted by Crippen LogP contribution is 2.13. The lowest BCUT2D eigenvalue weighted by Crippen LogP contribution is -2.44. The number of hydrogen-bond acceptors (Lipinski definition) is 5. The molecular weight excluding hydrogens is 244 g/mol. The Morgan fingerprint density at radius 3 is 2.89 bits per heavy atom. The monoisotopic (exact) mass is 264 g/mol. The maximum absolute atomic E-state index is 11.7. The van der Waals surface area contributed by atoms with Crippen LogP contribution < -0.4 is 26.4 Å². The molecule has 2 rings (SSSR count). The number of hydrazine groups is 1. The Labute approximate surface area is 112 Å². The average Bonchev–Trinajstić information content (AvgIpc) is 2.89. The standard InChI is InChI=1S/C12H20N6O/c1-18(2)11-9(4-3-5-13-11)6-14-12(19)17-10-7-15-16-8-10/h3-5,10,15-16H,6-8H2,1-2H3,(H2,14,17,19). The highest BCUT2D eigenvalue weighted by atomic mass is 16.2. The molecule has 1 aliphatic rings. The van der Waals surface area contributed by atoms with E-state index in [2.05, 4.69) is 26.5 Å². The van der Waals surface area contributed by atoms with Gasteiger partial charge in [0.2, 0.25) is 0 Å². The number of aromatic nitrogens is 1. The molecule has 0 bridgehead atoms. The first kappa shape index (κ1) is 13.6. The number of pyridine rings is 1. The molecule has 1 fully saturated rings. The van der Waals surface area contributed by atoms with Crippen molar-refractivity contribution in [1.82, 2.24) is 26.5 Å². The summed E-state index contributed by atoms with van der Waals surface area (Å²) in [6, 6.07) is 3.79. The fraction of sp³-hybridized carbons (Fsp3) is 0.500. The average molecular weight is 264 g/mol. The SMILES string of the molecule is CN(C)c1ncccc1CNC(=O)NC1CNNC1. The van der Waals surface area contributed by atoms with Gasteiger partial charge in [-0.3, -0.25) is 10.9 Å². The van der Waals surface area contributed by atoms with E-state index in [1.807, 2.05) is 31.1 Å². The lowest BCUT2D eigenvalue weighted by Gasteiger charge is -2.17. The number of nitrogens with one attached hydrogen (secondary N) is 4.